The fourth-order valence-corrected chi connectivity index (χ4v) is 4.93. The van der Waals surface area contributed by atoms with Gasteiger partial charge in [0.1, 0.15) is 5.82 Å². The van der Waals surface area contributed by atoms with Gasteiger partial charge >= 0.3 is 0 Å². The van der Waals surface area contributed by atoms with Crippen molar-refractivity contribution in [3.05, 3.63) is 58.0 Å². The maximum atomic E-state index is 13.1. The first kappa shape index (κ1) is 18.6. The van der Waals surface area contributed by atoms with Crippen molar-refractivity contribution in [2.75, 3.05) is 26.2 Å². The number of piperidine rings is 1. The average molecular weight is 388 g/mol. The van der Waals surface area contributed by atoms with Gasteiger partial charge in [0.15, 0.2) is 0 Å². The van der Waals surface area contributed by atoms with Gasteiger partial charge in [-0.1, -0.05) is 18.2 Å². The number of hydrogen-bond acceptors (Lipinski definition) is 4. The highest BCUT2D eigenvalue weighted by Gasteiger charge is 2.35. The van der Waals surface area contributed by atoms with Gasteiger partial charge in [-0.15, -0.1) is 11.3 Å². The highest BCUT2D eigenvalue weighted by molar-refractivity contribution is 7.09. The van der Waals surface area contributed by atoms with E-state index in [0.29, 0.717) is 25.0 Å². The van der Waals surface area contributed by atoms with Crippen LogP contribution in [0.5, 0.6) is 0 Å². The van der Waals surface area contributed by atoms with Crippen LogP contribution in [0.15, 0.2) is 41.8 Å². The average Bonchev–Trinajstić information content (AvgIpc) is 3.04. The number of thiophene rings is 1. The first-order valence-electron chi connectivity index (χ1n) is 9.65. The molecule has 1 aromatic heterocycles. The minimum atomic E-state index is -0.186. The minimum Gasteiger partial charge on any atom is -0.350 e. The molecule has 4 nitrogen and oxygen atoms in total. The molecule has 4 heterocycles. The molecular formula is C21H26FN3OS. The Morgan fingerprint density at radius 3 is 2.78 bits per heavy atom. The van der Waals surface area contributed by atoms with Crippen LogP contribution in [0, 0.1) is 11.7 Å². The Kier molecular flexibility index (Phi) is 5.86. The Balaban J connectivity index is 1.32. The molecule has 1 N–H and O–H groups in total. The monoisotopic (exact) mass is 387 g/mol. The van der Waals surface area contributed by atoms with E-state index in [9.17, 15) is 9.18 Å². The lowest BCUT2D eigenvalue weighted by Crippen LogP contribution is -2.48. The van der Waals surface area contributed by atoms with E-state index >= 15 is 0 Å². The van der Waals surface area contributed by atoms with Crippen LogP contribution >= 0.6 is 11.3 Å². The van der Waals surface area contributed by atoms with Crippen LogP contribution in [0.25, 0.3) is 0 Å². The zero-order valence-corrected chi connectivity index (χ0v) is 16.3. The lowest BCUT2D eigenvalue weighted by Gasteiger charge is -2.35. The molecule has 1 amide bonds. The summed E-state index contributed by atoms with van der Waals surface area (Å²) < 4.78 is 13.1. The SMILES string of the molecule is O=C(CN1C[C@H]2CC[C@@H]1CN(Cc1ccc(F)cc1)C2)NCc1cccs1. The largest absolute Gasteiger partial charge is 0.350 e. The Morgan fingerprint density at radius 2 is 2.00 bits per heavy atom. The molecule has 5 rings (SSSR count). The predicted octanol–water partition coefficient (Wildman–Crippen LogP) is 3.10. The molecule has 3 aliphatic heterocycles. The standard InChI is InChI=1S/C21H26FN3OS/c22-18-6-3-16(4-7-18)11-24-12-17-5-8-19(14-24)25(13-17)15-21(26)23-10-20-2-1-9-27-20/h1-4,6-7,9,17,19H,5,8,10-15H2,(H,23,26)/t17-,19+/m0/s1. The second-order valence-corrected chi connectivity index (χ2v) is 8.74. The topological polar surface area (TPSA) is 35.6 Å². The molecule has 27 heavy (non-hydrogen) atoms. The lowest BCUT2D eigenvalue weighted by molar-refractivity contribution is -0.123. The van der Waals surface area contributed by atoms with E-state index in [-0.39, 0.29) is 11.7 Å². The Labute approximate surface area is 164 Å². The lowest BCUT2D eigenvalue weighted by atomic mass is 9.95. The zero-order chi connectivity index (χ0) is 18.6. The van der Waals surface area contributed by atoms with Gasteiger partial charge in [0.05, 0.1) is 13.1 Å². The van der Waals surface area contributed by atoms with Crippen LogP contribution in [0.1, 0.15) is 23.3 Å². The first-order valence-corrected chi connectivity index (χ1v) is 10.5. The Hall–Kier alpha value is -1.76. The van der Waals surface area contributed by atoms with Gasteiger partial charge in [-0.2, -0.15) is 0 Å². The normalized spacial score (nSPS) is 23.3. The first-order chi connectivity index (χ1) is 13.2. The number of rotatable bonds is 6. The third-order valence-corrected chi connectivity index (χ3v) is 6.49. The van der Waals surface area contributed by atoms with Crippen molar-refractivity contribution < 1.29 is 9.18 Å². The highest BCUT2D eigenvalue weighted by atomic mass is 32.1. The maximum Gasteiger partial charge on any atom is 0.234 e. The van der Waals surface area contributed by atoms with Crippen LogP contribution < -0.4 is 5.32 Å². The van der Waals surface area contributed by atoms with Crippen molar-refractivity contribution in [3.8, 4) is 0 Å². The smallest absolute Gasteiger partial charge is 0.234 e. The van der Waals surface area contributed by atoms with Gasteiger partial charge < -0.3 is 5.32 Å². The molecule has 0 unspecified atom stereocenters. The molecule has 0 saturated carbocycles. The molecule has 0 radical (unpaired) electrons. The van der Waals surface area contributed by atoms with E-state index in [1.807, 2.05) is 29.6 Å². The van der Waals surface area contributed by atoms with Crippen molar-refractivity contribution in [1.82, 2.24) is 15.1 Å². The fourth-order valence-electron chi connectivity index (χ4n) is 4.29. The fraction of sp³-hybridized carbons (Fsp3) is 0.476. The van der Waals surface area contributed by atoms with E-state index < -0.39 is 0 Å². The number of carbonyl (C=O) groups excluding carboxylic acids is 1. The van der Waals surface area contributed by atoms with E-state index in [4.69, 9.17) is 0 Å². The van der Waals surface area contributed by atoms with E-state index in [1.54, 1.807) is 11.3 Å². The molecule has 2 aromatic rings. The predicted molar refractivity (Wildman–Crippen MR) is 106 cm³/mol. The molecule has 0 aliphatic carbocycles. The summed E-state index contributed by atoms with van der Waals surface area (Å²) in [7, 11) is 0. The summed E-state index contributed by atoms with van der Waals surface area (Å²) in [6.07, 6.45) is 2.39. The molecular weight excluding hydrogens is 361 g/mol. The molecule has 6 heteroatoms. The summed E-state index contributed by atoms with van der Waals surface area (Å²) >= 11 is 1.67. The number of nitrogens with one attached hydrogen (secondary N) is 1. The zero-order valence-electron chi connectivity index (χ0n) is 15.4. The minimum absolute atomic E-state index is 0.112. The third-order valence-electron chi connectivity index (χ3n) is 5.61. The van der Waals surface area contributed by atoms with Gasteiger partial charge in [-0.3, -0.25) is 14.6 Å². The number of fused-ring (bicyclic) bond motifs is 4. The summed E-state index contributed by atoms with van der Waals surface area (Å²) in [5.74, 6) is 0.532. The second kappa shape index (κ2) is 8.50. The molecule has 1 aromatic carbocycles. The number of nitrogens with zero attached hydrogens (tertiary/aromatic N) is 2. The van der Waals surface area contributed by atoms with Gasteiger partial charge in [-0.05, 0) is 47.9 Å². The van der Waals surface area contributed by atoms with E-state index in [1.165, 1.54) is 23.4 Å². The van der Waals surface area contributed by atoms with Gasteiger partial charge in [0.25, 0.3) is 0 Å². The molecule has 2 bridgehead atoms. The second-order valence-electron chi connectivity index (χ2n) is 7.70. The van der Waals surface area contributed by atoms with Crippen molar-refractivity contribution in [1.29, 1.82) is 0 Å². The molecule has 144 valence electrons. The maximum absolute atomic E-state index is 13.1. The summed E-state index contributed by atoms with van der Waals surface area (Å²) in [5.41, 5.74) is 1.15. The number of halogens is 1. The van der Waals surface area contributed by atoms with Crippen LogP contribution in [-0.2, 0) is 17.9 Å². The van der Waals surface area contributed by atoms with Crippen LogP contribution in [0.2, 0.25) is 0 Å². The summed E-state index contributed by atoms with van der Waals surface area (Å²) in [4.78, 5) is 18.4. The molecule has 3 fully saturated rings. The van der Waals surface area contributed by atoms with Crippen molar-refractivity contribution in [2.45, 2.75) is 32.0 Å². The summed E-state index contributed by atoms with van der Waals surface area (Å²) in [5, 5.41) is 5.08. The summed E-state index contributed by atoms with van der Waals surface area (Å²) in [6.45, 7) is 4.99. The van der Waals surface area contributed by atoms with Crippen molar-refractivity contribution >= 4 is 17.2 Å². The highest BCUT2D eigenvalue weighted by Crippen LogP contribution is 2.28. The van der Waals surface area contributed by atoms with Gasteiger partial charge in [-0.25, -0.2) is 4.39 Å². The Bertz CT molecular complexity index is 749. The third kappa shape index (κ3) is 4.94. The van der Waals surface area contributed by atoms with Crippen LogP contribution in [-0.4, -0.2) is 47.9 Å². The number of benzene rings is 1. The number of amides is 1. The van der Waals surface area contributed by atoms with Crippen LogP contribution in [0.4, 0.5) is 4.39 Å². The van der Waals surface area contributed by atoms with E-state index in [0.717, 1.165) is 38.2 Å². The van der Waals surface area contributed by atoms with Gasteiger partial charge in [0, 0.05) is 37.1 Å². The molecule has 3 saturated heterocycles. The van der Waals surface area contributed by atoms with Crippen molar-refractivity contribution in [2.24, 2.45) is 5.92 Å². The van der Waals surface area contributed by atoms with E-state index in [2.05, 4.69) is 15.1 Å². The summed E-state index contributed by atoms with van der Waals surface area (Å²) in [6, 6.07) is 11.3. The van der Waals surface area contributed by atoms with Gasteiger partial charge in [0.2, 0.25) is 5.91 Å². The van der Waals surface area contributed by atoms with Crippen molar-refractivity contribution in [3.63, 3.8) is 0 Å². The molecule has 0 spiro atoms. The number of hydrogen-bond donors (Lipinski definition) is 1. The number of carbonyl (C=O) groups is 1. The molecule has 2 atom stereocenters. The van der Waals surface area contributed by atoms with Crippen LogP contribution in [0.3, 0.4) is 0 Å². The molecule has 3 aliphatic rings. The Morgan fingerprint density at radius 1 is 1.15 bits per heavy atom. The quantitative estimate of drug-likeness (QED) is 0.827.